The van der Waals surface area contributed by atoms with E-state index in [1.54, 1.807) is 25.4 Å². The van der Waals surface area contributed by atoms with E-state index in [2.05, 4.69) is 19.8 Å². The van der Waals surface area contributed by atoms with Gasteiger partial charge in [-0.3, -0.25) is 10.1 Å². The second-order valence-electron chi connectivity index (χ2n) is 5.60. The monoisotopic (exact) mass is 313 g/mol. The molecular formula is C16H19N5O2. The van der Waals surface area contributed by atoms with E-state index in [0.29, 0.717) is 5.56 Å². The Bertz CT molecular complexity index is 692. The maximum Gasteiger partial charge on any atom is 0.272 e. The van der Waals surface area contributed by atoms with Crippen LogP contribution in [0.1, 0.15) is 12.0 Å². The Morgan fingerprint density at radius 3 is 2.48 bits per heavy atom. The summed E-state index contributed by atoms with van der Waals surface area (Å²) in [6, 6.07) is 7.13. The van der Waals surface area contributed by atoms with Crippen molar-refractivity contribution in [3.8, 4) is 0 Å². The Morgan fingerprint density at radius 1 is 1.09 bits per heavy atom. The summed E-state index contributed by atoms with van der Waals surface area (Å²) in [5.41, 5.74) is 1.90. The summed E-state index contributed by atoms with van der Waals surface area (Å²) in [7, 11) is 0. The van der Waals surface area contributed by atoms with Crippen LogP contribution in [0.2, 0.25) is 0 Å². The lowest BCUT2D eigenvalue weighted by atomic mass is 10.1. The molecule has 0 spiro atoms. The SMILES string of the molecule is Cc1cc(N2CCCN(c3ncccn3)CC2)ccc1[N+](=O)[O-]. The zero-order valence-corrected chi connectivity index (χ0v) is 13.1. The summed E-state index contributed by atoms with van der Waals surface area (Å²) in [6.07, 6.45) is 4.50. The molecule has 1 aliphatic heterocycles. The van der Waals surface area contributed by atoms with Crippen LogP contribution in [0.5, 0.6) is 0 Å². The molecule has 3 rings (SSSR count). The zero-order chi connectivity index (χ0) is 16.2. The predicted molar refractivity (Wildman–Crippen MR) is 88.9 cm³/mol. The number of nitro benzene ring substituents is 1. The smallest absolute Gasteiger partial charge is 0.272 e. The third kappa shape index (κ3) is 3.39. The standard InChI is InChI=1S/C16H19N5O2/c1-13-12-14(4-5-15(13)21(22)23)19-8-3-9-20(11-10-19)16-17-6-2-7-18-16/h2,4-7,12H,3,8-11H2,1H3. The van der Waals surface area contributed by atoms with Crippen molar-refractivity contribution in [1.82, 2.24) is 9.97 Å². The maximum atomic E-state index is 10.9. The molecule has 1 aromatic heterocycles. The number of hydrogen-bond donors (Lipinski definition) is 0. The molecule has 0 amide bonds. The minimum absolute atomic E-state index is 0.169. The Morgan fingerprint density at radius 2 is 1.78 bits per heavy atom. The Labute approximate surface area is 134 Å². The van der Waals surface area contributed by atoms with E-state index in [-0.39, 0.29) is 10.6 Å². The van der Waals surface area contributed by atoms with Crippen molar-refractivity contribution in [2.75, 3.05) is 36.0 Å². The van der Waals surface area contributed by atoms with E-state index in [9.17, 15) is 10.1 Å². The highest BCUT2D eigenvalue weighted by Gasteiger charge is 2.18. The molecule has 1 fully saturated rings. The normalized spacial score (nSPS) is 15.3. The third-order valence-electron chi connectivity index (χ3n) is 4.07. The summed E-state index contributed by atoms with van der Waals surface area (Å²) < 4.78 is 0. The molecular weight excluding hydrogens is 294 g/mol. The summed E-state index contributed by atoms with van der Waals surface area (Å²) in [6.45, 7) is 5.28. The average molecular weight is 313 g/mol. The van der Waals surface area contributed by atoms with Crippen LogP contribution in [0.4, 0.5) is 17.3 Å². The highest BCUT2D eigenvalue weighted by molar-refractivity contribution is 5.55. The third-order valence-corrected chi connectivity index (χ3v) is 4.07. The number of anilines is 2. The van der Waals surface area contributed by atoms with Crippen LogP contribution in [0.25, 0.3) is 0 Å². The molecule has 0 radical (unpaired) electrons. The van der Waals surface area contributed by atoms with Gasteiger partial charge in [0.15, 0.2) is 0 Å². The summed E-state index contributed by atoms with van der Waals surface area (Å²) in [4.78, 5) is 23.7. The van der Waals surface area contributed by atoms with Crippen LogP contribution in [0.3, 0.4) is 0 Å². The van der Waals surface area contributed by atoms with Crippen molar-refractivity contribution in [2.24, 2.45) is 0 Å². The molecule has 1 aromatic carbocycles. The minimum Gasteiger partial charge on any atom is -0.370 e. The van der Waals surface area contributed by atoms with Gasteiger partial charge in [-0.2, -0.15) is 0 Å². The Balaban J connectivity index is 1.73. The molecule has 1 aliphatic rings. The first-order valence-corrected chi connectivity index (χ1v) is 7.67. The van der Waals surface area contributed by atoms with E-state index in [1.807, 2.05) is 18.2 Å². The topological polar surface area (TPSA) is 75.4 Å². The lowest BCUT2D eigenvalue weighted by molar-refractivity contribution is -0.385. The van der Waals surface area contributed by atoms with Gasteiger partial charge in [0, 0.05) is 55.9 Å². The Hall–Kier alpha value is -2.70. The first kappa shape index (κ1) is 15.2. The predicted octanol–water partition coefficient (Wildman–Crippen LogP) is 2.41. The van der Waals surface area contributed by atoms with Crippen molar-refractivity contribution < 1.29 is 4.92 Å². The molecule has 2 heterocycles. The molecule has 7 heteroatoms. The van der Waals surface area contributed by atoms with Crippen LogP contribution < -0.4 is 9.80 Å². The van der Waals surface area contributed by atoms with Crippen molar-refractivity contribution >= 4 is 17.3 Å². The number of nitro groups is 1. The second kappa shape index (κ2) is 6.60. The first-order chi connectivity index (χ1) is 11.1. The number of nitrogens with zero attached hydrogens (tertiary/aromatic N) is 5. The van der Waals surface area contributed by atoms with Gasteiger partial charge in [0.1, 0.15) is 0 Å². The quantitative estimate of drug-likeness (QED) is 0.640. The number of rotatable bonds is 3. The van der Waals surface area contributed by atoms with Crippen molar-refractivity contribution in [3.63, 3.8) is 0 Å². The van der Waals surface area contributed by atoms with Crippen molar-refractivity contribution in [3.05, 3.63) is 52.3 Å². The van der Waals surface area contributed by atoms with E-state index < -0.39 is 0 Å². The molecule has 120 valence electrons. The van der Waals surface area contributed by atoms with Crippen LogP contribution in [-0.4, -0.2) is 41.1 Å². The van der Waals surface area contributed by atoms with Crippen LogP contribution in [0.15, 0.2) is 36.7 Å². The average Bonchev–Trinajstić information content (AvgIpc) is 2.81. The molecule has 0 aliphatic carbocycles. The molecule has 1 saturated heterocycles. The molecule has 0 atom stereocenters. The Kier molecular flexibility index (Phi) is 4.36. The van der Waals surface area contributed by atoms with E-state index >= 15 is 0 Å². The summed E-state index contributed by atoms with van der Waals surface area (Å²) in [5, 5.41) is 10.9. The fourth-order valence-corrected chi connectivity index (χ4v) is 2.87. The number of hydrogen-bond acceptors (Lipinski definition) is 6. The molecule has 0 saturated carbocycles. The van der Waals surface area contributed by atoms with Gasteiger partial charge in [0.25, 0.3) is 5.69 Å². The largest absolute Gasteiger partial charge is 0.370 e. The van der Waals surface area contributed by atoms with Crippen molar-refractivity contribution in [1.29, 1.82) is 0 Å². The van der Waals surface area contributed by atoms with E-state index in [1.165, 1.54) is 0 Å². The van der Waals surface area contributed by atoms with Crippen molar-refractivity contribution in [2.45, 2.75) is 13.3 Å². The summed E-state index contributed by atoms with van der Waals surface area (Å²) >= 11 is 0. The van der Waals surface area contributed by atoms with Gasteiger partial charge < -0.3 is 9.80 Å². The fraction of sp³-hybridized carbons (Fsp3) is 0.375. The minimum atomic E-state index is -0.337. The van der Waals surface area contributed by atoms with Gasteiger partial charge >= 0.3 is 0 Å². The van der Waals surface area contributed by atoms with Gasteiger partial charge in [-0.1, -0.05) is 0 Å². The lowest BCUT2D eigenvalue weighted by Gasteiger charge is -2.24. The lowest BCUT2D eigenvalue weighted by Crippen LogP contribution is -2.31. The molecule has 0 unspecified atom stereocenters. The molecule has 0 bridgehead atoms. The highest BCUT2D eigenvalue weighted by atomic mass is 16.6. The van der Waals surface area contributed by atoms with E-state index in [4.69, 9.17) is 0 Å². The van der Waals surface area contributed by atoms with Crippen LogP contribution >= 0.6 is 0 Å². The van der Waals surface area contributed by atoms with E-state index in [0.717, 1.165) is 44.2 Å². The van der Waals surface area contributed by atoms with Crippen LogP contribution in [0, 0.1) is 17.0 Å². The maximum absolute atomic E-state index is 10.9. The van der Waals surface area contributed by atoms with Gasteiger partial charge in [0.2, 0.25) is 5.95 Å². The summed E-state index contributed by atoms with van der Waals surface area (Å²) in [5.74, 6) is 0.759. The molecule has 0 N–H and O–H groups in total. The number of benzene rings is 1. The fourth-order valence-electron chi connectivity index (χ4n) is 2.87. The van der Waals surface area contributed by atoms with Gasteiger partial charge in [-0.25, -0.2) is 9.97 Å². The van der Waals surface area contributed by atoms with Crippen LogP contribution in [-0.2, 0) is 0 Å². The van der Waals surface area contributed by atoms with Gasteiger partial charge in [-0.05, 0) is 31.5 Å². The molecule has 2 aromatic rings. The van der Waals surface area contributed by atoms with Gasteiger partial charge in [0.05, 0.1) is 4.92 Å². The zero-order valence-electron chi connectivity index (χ0n) is 13.1. The second-order valence-corrected chi connectivity index (χ2v) is 5.60. The first-order valence-electron chi connectivity index (χ1n) is 7.67. The number of aromatic nitrogens is 2. The number of aryl methyl sites for hydroxylation is 1. The van der Waals surface area contributed by atoms with Gasteiger partial charge in [-0.15, -0.1) is 0 Å². The highest BCUT2D eigenvalue weighted by Crippen LogP contribution is 2.25. The molecule has 23 heavy (non-hydrogen) atoms. The molecule has 7 nitrogen and oxygen atoms in total.